The number of anilines is 3. The number of carbonyl (C=O) groups is 1. The van der Waals surface area contributed by atoms with Crippen molar-refractivity contribution in [3.8, 4) is 5.75 Å². The Hall–Kier alpha value is -2.72. The van der Waals surface area contributed by atoms with Gasteiger partial charge in [0, 0.05) is 11.4 Å². The first-order valence-electron chi connectivity index (χ1n) is 9.07. The van der Waals surface area contributed by atoms with Gasteiger partial charge in [-0.25, -0.2) is 0 Å². The number of nitrogens with zero attached hydrogens (tertiary/aromatic N) is 2. The molecule has 0 spiro atoms. The van der Waals surface area contributed by atoms with Gasteiger partial charge in [0.25, 0.3) is 0 Å². The van der Waals surface area contributed by atoms with Crippen LogP contribution in [0.3, 0.4) is 0 Å². The van der Waals surface area contributed by atoms with Crippen LogP contribution < -0.4 is 15.4 Å². The average Bonchev–Trinajstić information content (AvgIpc) is 3.15. The zero-order chi connectivity index (χ0) is 21.5. The molecule has 0 saturated carbocycles. The monoisotopic (exact) mass is 450 g/mol. The molecule has 158 valence electrons. The molecule has 0 radical (unpaired) electrons. The molecule has 2 aromatic carbocycles. The van der Waals surface area contributed by atoms with Crippen LogP contribution in [0.5, 0.6) is 5.75 Å². The van der Waals surface area contributed by atoms with Gasteiger partial charge in [0.1, 0.15) is 5.75 Å². The van der Waals surface area contributed by atoms with Gasteiger partial charge in [0.2, 0.25) is 11.0 Å². The summed E-state index contributed by atoms with van der Waals surface area (Å²) in [4.78, 5) is 12.1. The molecule has 0 aliphatic heterocycles. The number of carbonyl (C=O) groups excluding carboxylic acids is 1. The number of benzene rings is 2. The first-order chi connectivity index (χ1) is 14.4. The zero-order valence-electron chi connectivity index (χ0n) is 16.3. The van der Waals surface area contributed by atoms with Crippen molar-refractivity contribution in [1.29, 1.82) is 0 Å². The Labute approximate surface area is 181 Å². The van der Waals surface area contributed by atoms with Gasteiger partial charge in [-0.15, -0.1) is 10.2 Å². The second-order valence-electron chi connectivity index (χ2n) is 6.51. The van der Waals surface area contributed by atoms with Crippen LogP contribution in [0.15, 0.2) is 52.9 Å². The molecule has 0 aliphatic carbocycles. The SMILES string of the molecule is CC(C)c1ccc(Nc2nnc(SCC(=O)Nc3ccc(OC(F)F)cc3)s2)cc1. The van der Waals surface area contributed by atoms with E-state index in [0.29, 0.717) is 21.1 Å². The zero-order valence-corrected chi connectivity index (χ0v) is 17.9. The van der Waals surface area contributed by atoms with E-state index in [-0.39, 0.29) is 17.4 Å². The number of aromatic nitrogens is 2. The fourth-order valence-electron chi connectivity index (χ4n) is 2.44. The molecule has 0 unspecified atom stereocenters. The maximum atomic E-state index is 12.2. The molecule has 30 heavy (non-hydrogen) atoms. The Bertz CT molecular complexity index is 964. The molecule has 0 saturated heterocycles. The van der Waals surface area contributed by atoms with Crippen LogP contribution >= 0.6 is 23.1 Å². The Morgan fingerprint density at radius 3 is 2.37 bits per heavy atom. The maximum Gasteiger partial charge on any atom is 0.387 e. The summed E-state index contributed by atoms with van der Waals surface area (Å²) < 4.78 is 29.2. The fraction of sp³-hybridized carbons (Fsp3) is 0.250. The van der Waals surface area contributed by atoms with Gasteiger partial charge in [-0.2, -0.15) is 8.78 Å². The number of rotatable bonds is 9. The lowest BCUT2D eigenvalue weighted by molar-refractivity contribution is -0.113. The molecule has 1 heterocycles. The van der Waals surface area contributed by atoms with E-state index in [1.54, 1.807) is 0 Å². The standard InChI is InChI=1S/C20H20F2N4O2S2/c1-12(2)13-3-5-15(6-4-13)24-19-25-26-20(30-19)29-11-17(27)23-14-7-9-16(10-8-14)28-18(21)22/h3-10,12,18H,11H2,1-2H3,(H,23,27)(H,24,25). The van der Waals surface area contributed by atoms with Crippen molar-refractivity contribution in [3.05, 3.63) is 54.1 Å². The summed E-state index contributed by atoms with van der Waals surface area (Å²) in [6.07, 6.45) is 0. The predicted octanol–water partition coefficient (Wildman–Crippen LogP) is 5.74. The molecule has 3 rings (SSSR count). The third-order valence-corrected chi connectivity index (χ3v) is 5.90. The van der Waals surface area contributed by atoms with Crippen LogP contribution in [0.25, 0.3) is 0 Å². The quantitative estimate of drug-likeness (QED) is 0.405. The number of nitrogens with one attached hydrogen (secondary N) is 2. The topological polar surface area (TPSA) is 76.1 Å². The summed E-state index contributed by atoms with van der Waals surface area (Å²) in [6, 6.07) is 13.9. The van der Waals surface area contributed by atoms with E-state index in [0.717, 1.165) is 5.69 Å². The van der Waals surface area contributed by atoms with Crippen molar-refractivity contribution >= 4 is 45.5 Å². The Balaban J connectivity index is 1.47. The smallest absolute Gasteiger partial charge is 0.387 e. The molecule has 10 heteroatoms. The lowest BCUT2D eigenvalue weighted by Gasteiger charge is -2.07. The highest BCUT2D eigenvalue weighted by molar-refractivity contribution is 8.01. The van der Waals surface area contributed by atoms with Crippen LogP contribution in [-0.2, 0) is 4.79 Å². The van der Waals surface area contributed by atoms with E-state index in [4.69, 9.17) is 0 Å². The van der Waals surface area contributed by atoms with E-state index in [2.05, 4.69) is 51.5 Å². The van der Waals surface area contributed by atoms with E-state index in [9.17, 15) is 13.6 Å². The van der Waals surface area contributed by atoms with Crippen LogP contribution in [0.4, 0.5) is 25.3 Å². The third-order valence-electron chi connectivity index (χ3n) is 3.93. The van der Waals surface area contributed by atoms with Gasteiger partial charge in [-0.3, -0.25) is 4.79 Å². The van der Waals surface area contributed by atoms with Crippen molar-refractivity contribution in [2.75, 3.05) is 16.4 Å². The van der Waals surface area contributed by atoms with E-state index >= 15 is 0 Å². The highest BCUT2D eigenvalue weighted by Gasteiger charge is 2.10. The van der Waals surface area contributed by atoms with Crippen molar-refractivity contribution in [2.45, 2.75) is 30.7 Å². The lowest BCUT2D eigenvalue weighted by atomic mass is 10.0. The molecule has 6 nitrogen and oxygen atoms in total. The minimum absolute atomic E-state index is 0.0325. The molecular formula is C20H20F2N4O2S2. The number of amides is 1. The van der Waals surface area contributed by atoms with Crippen LogP contribution in [0.2, 0.25) is 0 Å². The molecule has 3 aromatic rings. The van der Waals surface area contributed by atoms with Crippen molar-refractivity contribution < 1.29 is 18.3 Å². The molecule has 0 atom stereocenters. The van der Waals surface area contributed by atoms with Crippen LogP contribution in [0, 0.1) is 0 Å². The highest BCUT2D eigenvalue weighted by Crippen LogP contribution is 2.28. The molecule has 0 aliphatic rings. The molecule has 1 amide bonds. The number of thioether (sulfide) groups is 1. The normalized spacial score (nSPS) is 11.0. The summed E-state index contributed by atoms with van der Waals surface area (Å²) in [5.41, 5.74) is 2.67. The van der Waals surface area contributed by atoms with Crippen molar-refractivity contribution in [1.82, 2.24) is 10.2 Å². The second kappa shape index (κ2) is 10.4. The largest absolute Gasteiger partial charge is 0.435 e. The highest BCUT2D eigenvalue weighted by atomic mass is 32.2. The number of alkyl halides is 2. The van der Waals surface area contributed by atoms with Gasteiger partial charge in [-0.05, 0) is 47.9 Å². The second-order valence-corrected chi connectivity index (χ2v) is 8.71. The van der Waals surface area contributed by atoms with Gasteiger partial charge < -0.3 is 15.4 Å². The van der Waals surface area contributed by atoms with Crippen molar-refractivity contribution in [3.63, 3.8) is 0 Å². The number of hydrogen-bond donors (Lipinski definition) is 2. The van der Waals surface area contributed by atoms with Crippen LogP contribution in [-0.4, -0.2) is 28.5 Å². The Kier molecular flexibility index (Phi) is 7.58. The minimum Gasteiger partial charge on any atom is -0.435 e. The van der Waals surface area contributed by atoms with Gasteiger partial charge in [-0.1, -0.05) is 49.1 Å². The minimum atomic E-state index is -2.88. The third kappa shape index (κ3) is 6.67. The molecule has 1 aromatic heterocycles. The summed E-state index contributed by atoms with van der Waals surface area (Å²) in [6.45, 7) is 1.40. The molecular weight excluding hydrogens is 430 g/mol. The average molecular weight is 451 g/mol. The summed E-state index contributed by atoms with van der Waals surface area (Å²) in [5.74, 6) is 0.410. The number of hydrogen-bond acceptors (Lipinski definition) is 7. The summed E-state index contributed by atoms with van der Waals surface area (Å²) in [7, 11) is 0. The lowest BCUT2D eigenvalue weighted by Crippen LogP contribution is -2.13. The molecule has 0 bridgehead atoms. The first-order valence-corrected chi connectivity index (χ1v) is 10.9. The summed E-state index contributed by atoms with van der Waals surface area (Å²) in [5, 5.41) is 14.7. The van der Waals surface area contributed by atoms with E-state index in [1.807, 2.05) is 12.1 Å². The Morgan fingerprint density at radius 1 is 1.07 bits per heavy atom. The van der Waals surface area contributed by atoms with Crippen LogP contribution in [0.1, 0.15) is 25.3 Å². The Morgan fingerprint density at radius 2 is 1.73 bits per heavy atom. The molecule has 2 N–H and O–H groups in total. The predicted molar refractivity (Wildman–Crippen MR) is 116 cm³/mol. The van der Waals surface area contributed by atoms with Crippen molar-refractivity contribution in [2.24, 2.45) is 0 Å². The van der Waals surface area contributed by atoms with Gasteiger partial charge in [0.15, 0.2) is 4.34 Å². The summed E-state index contributed by atoms with van der Waals surface area (Å²) >= 11 is 2.62. The van der Waals surface area contributed by atoms with Gasteiger partial charge >= 0.3 is 6.61 Å². The van der Waals surface area contributed by atoms with E-state index < -0.39 is 6.61 Å². The van der Waals surface area contributed by atoms with E-state index in [1.165, 1.54) is 52.9 Å². The first kappa shape index (κ1) is 22.0. The maximum absolute atomic E-state index is 12.2. The van der Waals surface area contributed by atoms with Gasteiger partial charge in [0.05, 0.1) is 5.75 Å². The molecule has 0 fully saturated rings. The number of ether oxygens (including phenoxy) is 1. The number of halogens is 2. The fourth-order valence-corrected chi connectivity index (χ4v) is 4.01.